The van der Waals surface area contributed by atoms with E-state index in [0.717, 1.165) is 55.6 Å². The molecule has 0 bridgehead atoms. The molecule has 3 aromatic rings. The third-order valence-corrected chi connectivity index (χ3v) is 6.90. The van der Waals surface area contributed by atoms with E-state index in [1.165, 1.54) is 0 Å². The van der Waals surface area contributed by atoms with Crippen LogP contribution in [0.1, 0.15) is 63.8 Å². The number of carbonyl (C=O) groups is 1. The molecule has 4 rings (SSSR count). The van der Waals surface area contributed by atoms with Crippen molar-refractivity contribution in [1.82, 2.24) is 4.98 Å². The number of fused-ring (bicyclic) bond motifs is 1. The lowest BCUT2D eigenvalue weighted by atomic mass is 9.82. The fraction of sp³-hybridized carbons (Fsp3) is 0.355. The fourth-order valence-corrected chi connectivity index (χ4v) is 4.93. The van der Waals surface area contributed by atoms with Crippen molar-refractivity contribution in [2.75, 3.05) is 6.61 Å². The first-order valence-corrected chi connectivity index (χ1v) is 12.9. The third kappa shape index (κ3) is 5.55. The average molecular weight is 504 g/mol. The van der Waals surface area contributed by atoms with E-state index in [9.17, 15) is 4.79 Å². The van der Waals surface area contributed by atoms with Gasteiger partial charge in [0.1, 0.15) is 0 Å². The Morgan fingerprint density at radius 1 is 1.11 bits per heavy atom. The molecule has 0 saturated heterocycles. The van der Waals surface area contributed by atoms with E-state index in [0.29, 0.717) is 0 Å². The second-order valence-corrected chi connectivity index (χ2v) is 10.8. The van der Waals surface area contributed by atoms with Gasteiger partial charge in [0.15, 0.2) is 6.10 Å². The Bertz CT molecular complexity index is 1340. The second kappa shape index (κ2) is 10.6. The molecule has 2 atom stereocenters. The number of carbonyl (C=O) groups excluding carboxylic acids is 1. The quantitative estimate of drug-likeness (QED) is 0.318. The van der Waals surface area contributed by atoms with E-state index in [-0.39, 0.29) is 18.5 Å². The average Bonchev–Trinajstić information content (AvgIpc) is 2.83. The van der Waals surface area contributed by atoms with Crippen molar-refractivity contribution in [3.8, 4) is 11.1 Å². The Morgan fingerprint density at radius 3 is 2.47 bits per heavy atom. The summed E-state index contributed by atoms with van der Waals surface area (Å²) in [4.78, 5) is 17.4. The summed E-state index contributed by atoms with van der Waals surface area (Å²) in [6.07, 6.45) is 7.59. The summed E-state index contributed by atoms with van der Waals surface area (Å²) >= 11 is 6.45. The standard InChI is InChI=1S/C31H34ClNO3/c1-7-35-30(34)29(36-31(4,5)6)27-20(3)17-24-18-22(21-12-14-33-15-13-21)8-10-25(24)28(27)23-9-11-26(32)19(2)16-23/h8-15,17-19,29H,7,16H2,1-6H3/t19?,29-/m0/s1. The number of ether oxygens (including phenoxy) is 2. The van der Waals surface area contributed by atoms with Crippen LogP contribution in [0.15, 0.2) is 66.0 Å². The van der Waals surface area contributed by atoms with Crippen LogP contribution < -0.4 is 0 Å². The van der Waals surface area contributed by atoms with Crippen molar-refractivity contribution in [2.24, 2.45) is 5.92 Å². The molecule has 1 aliphatic carbocycles. The molecule has 0 aliphatic heterocycles. The van der Waals surface area contributed by atoms with E-state index in [1.807, 2.05) is 52.8 Å². The Morgan fingerprint density at radius 2 is 1.83 bits per heavy atom. The van der Waals surface area contributed by atoms with Crippen molar-refractivity contribution in [2.45, 2.75) is 59.7 Å². The van der Waals surface area contributed by atoms with Gasteiger partial charge in [-0.2, -0.15) is 0 Å². The zero-order valence-electron chi connectivity index (χ0n) is 21.9. The van der Waals surface area contributed by atoms with E-state index < -0.39 is 11.7 Å². The smallest absolute Gasteiger partial charge is 0.339 e. The molecule has 1 aliphatic rings. The van der Waals surface area contributed by atoms with Gasteiger partial charge >= 0.3 is 5.97 Å². The van der Waals surface area contributed by atoms with Gasteiger partial charge in [0.05, 0.1) is 12.2 Å². The molecule has 0 spiro atoms. The molecular formula is C31H34ClNO3. The maximum absolute atomic E-state index is 13.3. The maximum Gasteiger partial charge on any atom is 0.339 e. The molecule has 0 saturated carbocycles. The van der Waals surface area contributed by atoms with E-state index >= 15 is 0 Å². The van der Waals surface area contributed by atoms with E-state index in [1.54, 1.807) is 12.4 Å². The van der Waals surface area contributed by atoms with Crippen molar-refractivity contribution in [3.05, 3.63) is 82.7 Å². The molecule has 5 heteroatoms. The minimum Gasteiger partial charge on any atom is -0.464 e. The first kappa shape index (κ1) is 26.1. The first-order valence-electron chi connectivity index (χ1n) is 12.5. The zero-order valence-corrected chi connectivity index (χ0v) is 22.6. The van der Waals surface area contributed by atoms with Crippen molar-refractivity contribution in [1.29, 1.82) is 0 Å². The summed E-state index contributed by atoms with van der Waals surface area (Å²) in [6, 6.07) is 12.6. The Labute approximate surface area is 219 Å². The largest absolute Gasteiger partial charge is 0.464 e. The van der Waals surface area contributed by atoms with Gasteiger partial charge in [0.2, 0.25) is 0 Å². The number of nitrogens with zero attached hydrogens (tertiary/aromatic N) is 1. The Balaban J connectivity index is 2.00. The lowest BCUT2D eigenvalue weighted by Gasteiger charge is -2.31. The molecule has 1 unspecified atom stereocenters. The molecule has 36 heavy (non-hydrogen) atoms. The number of esters is 1. The molecule has 0 N–H and O–H groups in total. The van der Waals surface area contributed by atoms with Gasteiger partial charge in [-0.3, -0.25) is 4.98 Å². The second-order valence-electron chi connectivity index (χ2n) is 10.4. The summed E-state index contributed by atoms with van der Waals surface area (Å²) in [6.45, 7) is 12.2. The van der Waals surface area contributed by atoms with Gasteiger partial charge in [-0.1, -0.05) is 42.8 Å². The van der Waals surface area contributed by atoms with Gasteiger partial charge < -0.3 is 9.47 Å². The molecule has 2 aromatic carbocycles. The van der Waals surface area contributed by atoms with Crippen LogP contribution >= 0.6 is 11.6 Å². The highest BCUT2D eigenvalue weighted by molar-refractivity contribution is 6.30. The Kier molecular flexibility index (Phi) is 7.67. The van der Waals surface area contributed by atoms with Gasteiger partial charge in [-0.15, -0.1) is 0 Å². The van der Waals surface area contributed by atoms with Crippen LogP contribution in [0.5, 0.6) is 0 Å². The van der Waals surface area contributed by atoms with E-state index in [2.05, 4.69) is 42.2 Å². The summed E-state index contributed by atoms with van der Waals surface area (Å²) in [5.74, 6) is -0.182. The number of pyridine rings is 1. The summed E-state index contributed by atoms with van der Waals surface area (Å²) < 4.78 is 11.9. The highest BCUT2D eigenvalue weighted by Crippen LogP contribution is 2.43. The lowest BCUT2D eigenvalue weighted by molar-refractivity contribution is -0.166. The number of allylic oxidation sites excluding steroid dienone is 4. The molecule has 1 aromatic heterocycles. The Hall–Kier alpha value is -2.95. The topological polar surface area (TPSA) is 48.4 Å². The summed E-state index contributed by atoms with van der Waals surface area (Å²) in [7, 11) is 0. The third-order valence-electron chi connectivity index (χ3n) is 6.40. The fourth-order valence-electron chi connectivity index (χ4n) is 4.79. The zero-order chi connectivity index (χ0) is 26.0. The highest BCUT2D eigenvalue weighted by atomic mass is 35.5. The molecule has 0 fully saturated rings. The van der Waals surface area contributed by atoms with Crippen LogP contribution in [0.3, 0.4) is 0 Å². The van der Waals surface area contributed by atoms with Crippen LogP contribution in [0.4, 0.5) is 0 Å². The molecule has 4 nitrogen and oxygen atoms in total. The minimum absolute atomic E-state index is 0.191. The number of hydrogen-bond donors (Lipinski definition) is 0. The number of aromatic nitrogens is 1. The first-order chi connectivity index (χ1) is 17.1. The van der Waals surface area contributed by atoms with Crippen LogP contribution in [0.2, 0.25) is 0 Å². The van der Waals surface area contributed by atoms with Crippen LogP contribution in [0, 0.1) is 12.8 Å². The van der Waals surface area contributed by atoms with Crippen LogP contribution in [0.25, 0.3) is 27.5 Å². The minimum atomic E-state index is -0.846. The van der Waals surface area contributed by atoms with Crippen molar-refractivity contribution >= 4 is 33.9 Å². The molecule has 0 radical (unpaired) electrons. The van der Waals surface area contributed by atoms with Gasteiger partial charge in [-0.25, -0.2) is 4.79 Å². The number of aryl methyl sites for hydroxylation is 1. The van der Waals surface area contributed by atoms with Gasteiger partial charge in [0.25, 0.3) is 0 Å². The van der Waals surface area contributed by atoms with Crippen LogP contribution in [-0.2, 0) is 14.3 Å². The number of rotatable bonds is 6. The molecule has 0 amide bonds. The monoisotopic (exact) mass is 503 g/mol. The SMILES string of the molecule is CCOC(=O)[C@@H](OC(C)(C)C)c1c(C)cc2cc(-c3ccncc3)ccc2c1C1=CC=C(Cl)C(C)C1. The predicted molar refractivity (Wildman–Crippen MR) is 148 cm³/mol. The van der Waals surface area contributed by atoms with E-state index in [4.69, 9.17) is 21.1 Å². The number of benzene rings is 2. The predicted octanol–water partition coefficient (Wildman–Crippen LogP) is 8.18. The molecule has 188 valence electrons. The van der Waals surface area contributed by atoms with Gasteiger partial charge in [-0.05, 0) is 110 Å². The molecular weight excluding hydrogens is 470 g/mol. The van der Waals surface area contributed by atoms with Crippen LogP contribution in [-0.4, -0.2) is 23.2 Å². The number of hydrogen-bond acceptors (Lipinski definition) is 4. The lowest BCUT2D eigenvalue weighted by Crippen LogP contribution is -2.30. The van der Waals surface area contributed by atoms with Crippen molar-refractivity contribution in [3.63, 3.8) is 0 Å². The highest BCUT2D eigenvalue weighted by Gasteiger charge is 2.33. The molecule has 1 heterocycles. The normalized spacial score (nSPS) is 16.9. The number of halogens is 1. The van der Waals surface area contributed by atoms with Crippen molar-refractivity contribution < 1.29 is 14.3 Å². The summed E-state index contributed by atoms with van der Waals surface area (Å²) in [5, 5.41) is 3.02. The maximum atomic E-state index is 13.3. The summed E-state index contributed by atoms with van der Waals surface area (Å²) in [5.41, 5.74) is 5.69. The van der Waals surface area contributed by atoms with Gasteiger partial charge in [0, 0.05) is 23.0 Å².